The predicted molar refractivity (Wildman–Crippen MR) is 108 cm³/mol. The topological polar surface area (TPSA) is 67.9 Å². The molecule has 1 atom stereocenters. The molecule has 3 rings (SSSR count). The summed E-state index contributed by atoms with van der Waals surface area (Å²) in [6.45, 7) is 1.02. The molecule has 148 valence electrons. The number of hydrogen-bond acceptors (Lipinski definition) is 4. The van der Waals surface area contributed by atoms with Gasteiger partial charge in [-0.1, -0.05) is 11.6 Å². The minimum absolute atomic E-state index is 0.0859. The van der Waals surface area contributed by atoms with Crippen LogP contribution in [-0.4, -0.2) is 44.0 Å². The first-order chi connectivity index (χ1) is 13.5. The smallest absolute Gasteiger partial charge is 0.253 e. The molecule has 0 saturated carbocycles. The van der Waals surface area contributed by atoms with Gasteiger partial charge in [-0.15, -0.1) is 0 Å². The summed E-state index contributed by atoms with van der Waals surface area (Å²) in [5, 5.41) is 3.50. The van der Waals surface area contributed by atoms with Crippen LogP contribution in [0.15, 0.2) is 42.5 Å². The molecular formula is C21H23ClN2O4. The number of nitrogens with one attached hydrogen (secondary N) is 1. The van der Waals surface area contributed by atoms with Crippen molar-refractivity contribution in [1.82, 2.24) is 4.90 Å². The number of amides is 2. The van der Waals surface area contributed by atoms with Crippen molar-refractivity contribution in [3.63, 3.8) is 0 Å². The molecule has 7 heteroatoms. The standard InChI is InChI=1S/C21H23ClN2O4/c1-27-18-10-17(11-19(12-18)28-2)23-20(25)15-4-3-9-24(13-15)21(26)14-5-7-16(22)8-6-14/h5-8,10-12,15H,3-4,9,13H2,1-2H3,(H,23,25). The molecule has 0 aliphatic carbocycles. The van der Waals surface area contributed by atoms with Crippen molar-refractivity contribution in [2.24, 2.45) is 5.92 Å². The van der Waals surface area contributed by atoms with Crippen molar-refractivity contribution < 1.29 is 19.1 Å². The second-order valence-corrected chi connectivity index (χ2v) is 7.12. The third-order valence-corrected chi connectivity index (χ3v) is 5.04. The Kier molecular flexibility index (Phi) is 6.41. The summed E-state index contributed by atoms with van der Waals surface area (Å²) in [5.41, 5.74) is 1.17. The van der Waals surface area contributed by atoms with Gasteiger partial charge in [0.1, 0.15) is 11.5 Å². The molecule has 1 aliphatic heterocycles. The van der Waals surface area contributed by atoms with E-state index in [1.165, 1.54) is 0 Å². The molecule has 2 aromatic rings. The van der Waals surface area contributed by atoms with E-state index in [1.807, 2.05) is 0 Å². The van der Waals surface area contributed by atoms with Gasteiger partial charge in [0, 0.05) is 47.6 Å². The number of halogens is 1. The van der Waals surface area contributed by atoms with E-state index < -0.39 is 0 Å². The van der Waals surface area contributed by atoms with Crippen LogP contribution in [0.1, 0.15) is 23.2 Å². The third kappa shape index (κ3) is 4.75. The van der Waals surface area contributed by atoms with Gasteiger partial charge in [0.15, 0.2) is 0 Å². The first kappa shape index (κ1) is 20.0. The maximum Gasteiger partial charge on any atom is 0.253 e. The number of rotatable bonds is 5. The van der Waals surface area contributed by atoms with Crippen molar-refractivity contribution in [3.05, 3.63) is 53.1 Å². The number of hydrogen-bond donors (Lipinski definition) is 1. The number of ether oxygens (including phenoxy) is 2. The lowest BCUT2D eigenvalue weighted by Gasteiger charge is -2.32. The van der Waals surface area contributed by atoms with Crippen LogP contribution in [0.2, 0.25) is 5.02 Å². The van der Waals surface area contributed by atoms with Crippen LogP contribution < -0.4 is 14.8 Å². The van der Waals surface area contributed by atoms with Crippen LogP contribution in [0.3, 0.4) is 0 Å². The highest BCUT2D eigenvalue weighted by molar-refractivity contribution is 6.30. The van der Waals surface area contributed by atoms with Crippen molar-refractivity contribution in [2.45, 2.75) is 12.8 Å². The lowest BCUT2D eigenvalue weighted by atomic mass is 9.96. The van der Waals surface area contributed by atoms with Crippen LogP contribution in [-0.2, 0) is 4.79 Å². The normalized spacial score (nSPS) is 16.4. The first-order valence-corrected chi connectivity index (χ1v) is 9.46. The van der Waals surface area contributed by atoms with Crippen molar-refractivity contribution in [3.8, 4) is 11.5 Å². The Balaban J connectivity index is 1.67. The fourth-order valence-electron chi connectivity index (χ4n) is 3.27. The van der Waals surface area contributed by atoms with E-state index >= 15 is 0 Å². The minimum Gasteiger partial charge on any atom is -0.497 e. The fourth-order valence-corrected chi connectivity index (χ4v) is 3.40. The van der Waals surface area contributed by atoms with Crippen LogP contribution in [0.5, 0.6) is 11.5 Å². The average molecular weight is 403 g/mol. The SMILES string of the molecule is COc1cc(NC(=O)C2CCCN(C(=O)c3ccc(Cl)cc3)C2)cc(OC)c1. The molecule has 1 unspecified atom stereocenters. The number of piperidine rings is 1. The van der Waals surface area contributed by atoms with E-state index in [9.17, 15) is 9.59 Å². The first-order valence-electron chi connectivity index (χ1n) is 9.09. The highest BCUT2D eigenvalue weighted by Crippen LogP contribution is 2.27. The summed E-state index contributed by atoms with van der Waals surface area (Å²) in [4.78, 5) is 27.2. The molecule has 1 saturated heterocycles. The van der Waals surface area contributed by atoms with Gasteiger partial charge < -0.3 is 19.7 Å². The van der Waals surface area contributed by atoms with E-state index in [-0.39, 0.29) is 17.7 Å². The summed E-state index contributed by atoms with van der Waals surface area (Å²) in [7, 11) is 3.11. The number of nitrogens with zero attached hydrogens (tertiary/aromatic N) is 1. The lowest BCUT2D eigenvalue weighted by molar-refractivity contribution is -0.121. The number of methoxy groups -OCH3 is 2. The molecule has 1 heterocycles. The van der Waals surface area contributed by atoms with E-state index in [2.05, 4.69) is 5.32 Å². The molecule has 0 radical (unpaired) electrons. The zero-order chi connectivity index (χ0) is 20.1. The van der Waals surface area contributed by atoms with Crippen molar-refractivity contribution in [1.29, 1.82) is 0 Å². The van der Waals surface area contributed by atoms with E-state index in [0.29, 0.717) is 40.9 Å². The summed E-state index contributed by atoms with van der Waals surface area (Å²) >= 11 is 5.89. The Labute approximate surface area is 169 Å². The molecular weight excluding hydrogens is 380 g/mol. The molecule has 2 aromatic carbocycles. The molecule has 1 fully saturated rings. The Morgan fingerprint density at radius 3 is 2.32 bits per heavy atom. The second kappa shape index (κ2) is 8.97. The van der Waals surface area contributed by atoms with Gasteiger partial charge in [0.2, 0.25) is 5.91 Å². The van der Waals surface area contributed by atoms with Crippen molar-refractivity contribution in [2.75, 3.05) is 32.6 Å². The molecule has 0 aromatic heterocycles. The van der Waals surface area contributed by atoms with Gasteiger partial charge in [-0.2, -0.15) is 0 Å². The third-order valence-electron chi connectivity index (χ3n) is 4.79. The Hall–Kier alpha value is -2.73. The van der Waals surface area contributed by atoms with Gasteiger partial charge in [-0.3, -0.25) is 9.59 Å². The number of carbonyl (C=O) groups excluding carboxylic acids is 2. The quantitative estimate of drug-likeness (QED) is 0.824. The second-order valence-electron chi connectivity index (χ2n) is 6.69. The molecule has 0 spiro atoms. The van der Waals surface area contributed by atoms with Gasteiger partial charge in [-0.05, 0) is 37.1 Å². The molecule has 1 N–H and O–H groups in total. The maximum absolute atomic E-state index is 12.8. The summed E-state index contributed by atoms with van der Waals surface area (Å²) in [6.07, 6.45) is 1.51. The number of carbonyl (C=O) groups is 2. The Bertz CT molecular complexity index is 832. The Morgan fingerprint density at radius 2 is 1.71 bits per heavy atom. The number of anilines is 1. The van der Waals surface area contributed by atoms with Gasteiger partial charge in [-0.25, -0.2) is 0 Å². The van der Waals surface area contributed by atoms with Crippen LogP contribution in [0.25, 0.3) is 0 Å². The van der Waals surface area contributed by atoms with Crippen LogP contribution in [0, 0.1) is 5.92 Å². The van der Waals surface area contributed by atoms with Crippen molar-refractivity contribution >= 4 is 29.1 Å². The maximum atomic E-state index is 12.8. The fraction of sp³-hybridized carbons (Fsp3) is 0.333. The van der Waals surface area contributed by atoms with E-state index in [0.717, 1.165) is 12.8 Å². The largest absolute Gasteiger partial charge is 0.497 e. The Morgan fingerprint density at radius 1 is 1.07 bits per heavy atom. The van der Waals surface area contributed by atoms with Crippen LogP contribution >= 0.6 is 11.6 Å². The van der Waals surface area contributed by atoms with Gasteiger partial charge in [0.05, 0.1) is 20.1 Å². The molecule has 6 nitrogen and oxygen atoms in total. The van der Waals surface area contributed by atoms with E-state index in [1.54, 1.807) is 61.6 Å². The lowest BCUT2D eigenvalue weighted by Crippen LogP contribution is -2.43. The summed E-state index contributed by atoms with van der Waals surface area (Å²) < 4.78 is 10.5. The zero-order valence-corrected chi connectivity index (χ0v) is 16.7. The molecule has 0 bridgehead atoms. The average Bonchev–Trinajstić information content (AvgIpc) is 2.73. The summed E-state index contributed by atoms with van der Waals surface area (Å²) in [6, 6.07) is 12.0. The summed E-state index contributed by atoms with van der Waals surface area (Å²) in [5.74, 6) is 0.707. The molecule has 2 amide bonds. The number of likely N-dealkylation sites (tertiary alicyclic amines) is 1. The predicted octanol–water partition coefficient (Wildman–Crippen LogP) is 3.85. The monoisotopic (exact) mass is 402 g/mol. The number of benzene rings is 2. The van der Waals surface area contributed by atoms with Gasteiger partial charge >= 0.3 is 0 Å². The zero-order valence-electron chi connectivity index (χ0n) is 15.9. The highest BCUT2D eigenvalue weighted by atomic mass is 35.5. The van der Waals surface area contributed by atoms with Gasteiger partial charge in [0.25, 0.3) is 5.91 Å². The highest BCUT2D eigenvalue weighted by Gasteiger charge is 2.29. The molecule has 28 heavy (non-hydrogen) atoms. The molecule has 1 aliphatic rings. The van der Waals surface area contributed by atoms with E-state index in [4.69, 9.17) is 21.1 Å². The minimum atomic E-state index is -0.276. The van der Waals surface area contributed by atoms with Crippen LogP contribution in [0.4, 0.5) is 5.69 Å².